The molecule has 0 aromatic carbocycles. The smallest absolute Gasteiger partial charge is 0.337 e. The van der Waals surface area contributed by atoms with Gasteiger partial charge in [0.15, 0.2) is 11.9 Å². The van der Waals surface area contributed by atoms with Crippen LogP contribution < -0.4 is 0 Å². The van der Waals surface area contributed by atoms with Gasteiger partial charge < -0.3 is 9.47 Å². The van der Waals surface area contributed by atoms with Gasteiger partial charge in [-0.15, -0.1) is 0 Å². The second-order valence-electron chi connectivity index (χ2n) is 2.65. The Morgan fingerprint density at radius 2 is 2.45 bits per heavy atom. The topological polar surface area (TPSA) is 47.9 Å². The molecule has 0 unspecified atom stereocenters. The van der Waals surface area contributed by atoms with Gasteiger partial charge in [0.25, 0.3) is 0 Å². The first kappa shape index (κ1) is 8.04. The van der Waals surface area contributed by atoms with Crippen molar-refractivity contribution in [2.45, 2.75) is 25.5 Å². The highest BCUT2D eigenvalue weighted by Crippen LogP contribution is 2.23. The highest BCUT2D eigenvalue weighted by atomic mass is 16.5. The zero-order valence-corrected chi connectivity index (χ0v) is 6.83. The van der Waals surface area contributed by atoms with Crippen LogP contribution in [0.25, 0.3) is 0 Å². The molecule has 62 valence electrons. The largest absolute Gasteiger partial charge is 0.477 e. The highest BCUT2D eigenvalue weighted by molar-refractivity contribution is 5.84. The van der Waals surface area contributed by atoms with Gasteiger partial charge in [-0.25, -0.2) is 9.79 Å². The van der Waals surface area contributed by atoms with Crippen LogP contribution in [0.15, 0.2) is 4.99 Å². The third-order valence-corrected chi connectivity index (χ3v) is 1.98. The molecule has 0 bridgehead atoms. The van der Waals surface area contributed by atoms with E-state index in [-0.39, 0.29) is 12.1 Å². The average Bonchev–Trinajstić information content (AvgIpc) is 2.32. The van der Waals surface area contributed by atoms with E-state index < -0.39 is 5.54 Å². The minimum absolute atomic E-state index is 0.241. The summed E-state index contributed by atoms with van der Waals surface area (Å²) >= 11 is 0. The van der Waals surface area contributed by atoms with Crippen LogP contribution in [-0.2, 0) is 14.3 Å². The lowest BCUT2D eigenvalue weighted by Gasteiger charge is -2.20. The van der Waals surface area contributed by atoms with E-state index in [4.69, 9.17) is 4.74 Å². The SMILES string of the molecule is COC(=O)[C@]1(C)N=CO[C@@H]1C. The summed E-state index contributed by atoms with van der Waals surface area (Å²) in [5.74, 6) is -0.362. The molecule has 0 amide bonds. The molecule has 4 heteroatoms. The van der Waals surface area contributed by atoms with Crippen molar-refractivity contribution in [3.8, 4) is 0 Å². The molecule has 0 aliphatic carbocycles. The molecule has 1 aliphatic rings. The third-order valence-electron chi connectivity index (χ3n) is 1.98. The fourth-order valence-electron chi connectivity index (χ4n) is 0.894. The maximum atomic E-state index is 11.1. The van der Waals surface area contributed by atoms with Gasteiger partial charge in [0.05, 0.1) is 7.11 Å². The number of methoxy groups -OCH3 is 1. The van der Waals surface area contributed by atoms with Crippen LogP contribution in [0.1, 0.15) is 13.8 Å². The van der Waals surface area contributed by atoms with Crippen molar-refractivity contribution in [1.82, 2.24) is 0 Å². The van der Waals surface area contributed by atoms with Gasteiger partial charge in [-0.3, -0.25) is 0 Å². The molecule has 0 spiro atoms. The Morgan fingerprint density at radius 1 is 1.82 bits per heavy atom. The van der Waals surface area contributed by atoms with Gasteiger partial charge in [0, 0.05) is 0 Å². The lowest BCUT2D eigenvalue weighted by Crippen LogP contribution is -2.42. The van der Waals surface area contributed by atoms with Gasteiger partial charge in [-0.2, -0.15) is 0 Å². The lowest BCUT2D eigenvalue weighted by molar-refractivity contribution is -0.148. The van der Waals surface area contributed by atoms with E-state index in [1.807, 2.05) is 0 Å². The first-order valence-corrected chi connectivity index (χ1v) is 3.39. The Bertz CT molecular complexity index is 202. The van der Waals surface area contributed by atoms with Gasteiger partial charge in [-0.1, -0.05) is 0 Å². The second kappa shape index (κ2) is 2.53. The van der Waals surface area contributed by atoms with Crippen molar-refractivity contribution in [1.29, 1.82) is 0 Å². The fourth-order valence-corrected chi connectivity index (χ4v) is 0.894. The molecule has 0 aromatic heterocycles. The van der Waals surface area contributed by atoms with E-state index in [9.17, 15) is 4.79 Å². The third kappa shape index (κ3) is 1.08. The Kier molecular flexibility index (Phi) is 1.85. The number of hydrogen-bond donors (Lipinski definition) is 0. The van der Waals surface area contributed by atoms with Crippen molar-refractivity contribution in [3.63, 3.8) is 0 Å². The quantitative estimate of drug-likeness (QED) is 0.516. The number of esters is 1. The summed E-state index contributed by atoms with van der Waals surface area (Å²) in [6.45, 7) is 3.47. The first-order valence-electron chi connectivity index (χ1n) is 3.39. The van der Waals surface area contributed by atoms with E-state index in [1.54, 1.807) is 13.8 Å². The Balaban J connectivity index is 2.80. The maximum Gasteiger partial charge on any atom is 0.337 e. The molecule has 0 radical (unpaired) electrons. The molecule has 1 rings (SSSR count). The van der Waals surface area contributed by atoms with E-state index in [0.717, 1.165) is 0 Å². The summed E-state index contributed by atoms with van der Waals surface area (Å²) in [7, 11) is 1.34. The Hall–Kier alpha value is -1.06. The molecule has 0 aromatic rings. The Morgan fingerprint density at radius 3 is 2.82 bits per heavy atom. The molecule has 1 heterocycles. The molecule has 0 fully saturated rings. The molecule has 4 nitrogen and oxygen atoms in total. The normalized spacial score (nSPS) is 35.0. The van der Waals surface area contributed by atoms with Gasteiger partial charge >= 0.3 is 5.97 Å². The number of carbonyl (C=O) groups excluding carboxylic acids is 1. The molecule has 0 saturated carbocycles. The summed E-state index contributed by atoms with van der Waals surface area (Å²) in [6, 6.07) is 0. The summed E-state index contributed by atoms with van der Waals surface area (Å²) in [4.78, 5) is 15.0. The van der Waals surface area contributed by atoms with Crippen LogP contribution in [0, 0.1) is 0 Å². The van der Waals surface area contributed by atoms with E-state index in [1.165, 1.54) is 13.5 Å². The maximum absolute atomic E-state index is 11.1. The first-order chi connectivity index (χ1) is 5.11. The van der Waals surface area contributed by atoms with Crippen LogP contribution in [0.3, 0.4) is 0 Å². The summed E-state index contributed by atoms with van der Waals surface area (Å²) in [5.41, 5.74) is -0.852. The average molecular weight is 157 g/mol. The monoisotopic (exact) mass is 157 g/mol. The number of rotatable bonds is 1. The molecule has 1 aliphatic heterocycles. The molecule has 0 saturated heterocycles. The van der Waals surface area contributed by atoms with Crippen LogP contribution in [-0.4, -0.2) is 31.1 Å². The number of ether oxygens (including phenoxy) is 2. The fraction of sp³-hybridized carbons (Fsp3) is 0.714. The summed E-state index contributed by atoms with van der Waals surface area (Å²) < 4.78 is 9.57. The van der Waals surface area contributed by atoms with E-state index in [2.05, 4.69) is 9.73 Å². The van der Waals surface area contributed by atoms with Gasteiger partial charge in [0.1, 0.15) is 6.10 Å². The lowest BCUT2D eigenvalue weighted by atomic mass is 9.98. The van der Waals surface area contributed by atoms with E-state index >= 15 is 0 Å². The van der Waals surface area contributed by atoms with Crippen LogP contribution >= 0.6 is 0 Å². The van der Waals surface area contributed by atoms with Crippen LogP contribution in [0.5, 0.6) is 0 Å². The number of nitrogens with zero attached hydrogens (tertiary/aromatic N) is 1. The zero-order valence-electron chi connectivity index (χ0n) is 6.83. The van der Waals surface area contributed by atoms with Crippen molar-refractivity contribution in [2.75, 3.05) is 7.11 Å². The van der Waals surface area contributed by atoms with Crippen molar-refractivity contribution in [2.24, 2.45) is 4.99 Å². The van der Waals surface area contributed by atoms with Crippen molar-refractivity contribution in [3.05, 3.63) is 0 Å². The summed E-state index contributed by atoms with van der Waals surface area (Å²) in [6.07, 6.45) is 1.05. The van der Waals surface area contributed by atoms with Crippen molar-refractivity contribution >= 4 is 12.4 Å². The van der Waals surface area contributed by atoms with Crippen molar-refractivity contribution < 1.29 is 14.3 Å². The van der Waals surface area contributed by atoms with E-state index in [0.29, 0.717) is 0 Å². The predicted octanol–water partition coefficient (Wildman–Crippen LogP) is 0.365. The minimum atomic E-state index is -0.852. The van der Waals surface area contributed by atoms with Crippen LogP contribution in [0.4, 0.5) is 0 Å². The number of hydrogen-bond acceptors (Lipinski definition) is 4. The van der Waals surface area contributed by atoms with Gasteiger partial charge in [0.2, 0.25) is 0 Å². The van der Waals surface area contributed by atoms with Gasteiger partial charge in [-0.05, 0) is 13.8 Å². The molecular weight excluding hydrogens is 146 g/mol. The minimum Gasteiger partial charge on any atom is -0.477 e. The Labute approximate surface area is 65.2 Å². The molecule has 11 heavy (non-hydrogen) atoms. The van der Waals surface area contributed by atoms with Crippen LogP contribution in [0.2, 0.25) is 0 Å². The number of carbonyl (C=O) groups is 1. The molecular formula is C7H11NO3. The predicted molar refractivity (Wildman–Crippen MR) is 39.5 cm³/mol. The molecule has 0 N–H and O–H groups in total. The summed E-state index contributed by atoms with van der Waals surface area (Å²) in [5, 5.41) is 0. The zero-order chi connectivity index (χ0) is 8.48. The molecule has 2 atom stereocenters. The highest BCUT2D eigenvalue weighted by Gasteiger charge is 2.44. The standard InChI is InChI=1S/C7H11NO3/c1-5-7(2,6(9)10-3)8-4-11-5/h4-5H,1-3H3/t5-,7-/m1/s1. The number of aliphatic imine (C=N–C) groups is 1. The second-order valence-corrected chi connectivity index (χ2v) is 2.65.